The summed E-state index contributed by atoms with van der Waals surface area (Å²) in [5, 5.41) is 2.80. The Bertz CT molecular complexity index is 595. The van der Waals surface area contributed by atoms with E-state index in [2.05, 4.69) is 15.3 Å². The second kappa shape index (κ2) is 4.83. The van der Waals surface area contributed by atoms with Crippen molar-refractivity contribution in [1.29, 1.82) is 0 Å². The van der Waals surface area contributed by atoms with Crippen LogP contribution in [0.3, 0.4) is 0 Å². The Hall–Kier alpha value is -2.43. The average molecular weight is 242 g/mol. The number of pyridine rings is 2. The molecule has 2 heterocycles. The van der Waals surface area contributed by atoms with Crippen molar-refractivity contribution in [3.05, 3.63) is 47.5 Å². The molecule has 3 N–H and O–H groups in total. The van der Waals surface area contributed by atoms with Crippen LogP contribution in [-0.2, 0) is 0 Å². The molecule has 2 rings (SSSR count). The lowest BCUT2D eigenvalue weighted by Crippen LogP contribution is -2.15. The fourth-order valence-electron chi connectivity index (χ4n) is 1.56. The van der Waals surface area contributed by atoms with E-state index in [9.17, 15) is 4.79 Å². The van der Waals surface area contributed by atoms with Crippen LogP contribution in [0.1, 0.15) is 21.6 Å². The van der Waals surface area contributed by atoms with Crippen LogP contribution in [0.15, 0.2) is 30.7 Å². The van der Waals surface area contributed by atoms with E-state index in [1.54, 1.807) is 25.4 Å². The predicted octanol–water partition coefficient (Wildman–Crippen LogP) is 1.93. The molecule has 0 bridgehead atoms. The zero-order valence-electron chi connectivity index (χ0n) is 10.3. The van der Waals surface area contributed by atoms with Gasteiger partial charge in [0.05, 0.1) is 35.0 Å². The van der Waals surface area contributed by atoms with E-state index in [4.69, 9.17) is 5.73 Å². The first-order chi connectivity index (χ1) is 8.58. The minimum Gasteiger partial charge on any atom is -0.397 e. The summed E-state index contributed by atoms with van der Waals surface area (Å²) in [6.07, 6.45) is 4.82. The second-order valence-electron chi connectivity index (χ2n) is 4.05. The van der Waals surface area contributed by atoms with E-state index in [0.717, 1.165) is 5.56 Å². The van der Waals surface area contributed by atoms with Crippen LogP contribution in [0.2, 0.25) is 0 Å². The molecule has 0 spiro atoms. The summed E-state index contributed by atoms with van der Waals surface area (Å²) in [6.45, 7) is 3.67. The highest BCUT2D eigenvalue weighted by molar-refractivity contribution is 6.05. The van der Waals surface area contributed by atoms with E-state index in [1.807, 2.05) is 13.0 Å². The van der Waals surface area contributed by atoms with Crippen LogP contribution >= 0.6 is 0 Å². The number of rotatable bonds is 2. The fourth-order valence-corrected chi connectivity index (χ4v) is 1.56. The number of hydrogen-bond donors (Lipinski definition) is 2. The van der Waals surface area contributed by atoms with Crippen LogP contribution in [0, 0.1) is 13.8 Å². The number of carbonyl (C=O) groups is 1. The summed E-state index contributed by atoms with van der Waals surface area (Å²) in [4.78, 5) is 20.1. The van der Waals surface area contributed by atoms with Gasteiger partial charge in [-0.1, -0.05) is 0 Å². The molecular formula is C13H14N4O. The number of nitrogens with one attached hydrogen (secondary N) is 1. The molecule has 2 aromatic heterocycles. The van der Waals surface area contributed by atoms with Crippen LogP contribution in [0.5, 0.6) is 0 Å². The van der Waals surface area contributed by atoms with Gasteiger partial charge in [-0.3, -0.25) is 14.8 Å². The molecule has 0 saturated heterocycles. The van der Waals surface area contributed by atoms with Crippen molar-refractivity contribution in [2.24, 2.45) is 0 Å². The van der Waals surface area contributed by atoms with Gasteiger partial charge >= 0.3 is 0 Å². The highest BCUT2D eigenvalue weighted by Gasteiger charge is 2.11. The molecule has 2 aromatic rings. The van der Waals surface area contributed by atoms with Crippen molar-refractivity contribution >= 4 is 17.3 Å². The zero-order chi connectivity index (χ0) is 13.1. The third-order valence-corrected chi connectivity index (χ3v) is 2.64. The van der Waals surface area contributed by atoms with Gasteiger partial charge in [0, 0.05) is 6.20 Å². The standard InChI is InChI=1S/C13H14N4O/c1-8-3-4-15-7-12(8)17-13(18)11-5-10(14)6-16-9(11)2/h3-7H,14H2,1-2H3,(H,17,18). The van der Waals surface area contributed by atoms with E-state index < -0.39 is 0 Å². The molecule has 0 fully saturated rings. The van der Waals surface area contributed by atoms with E-state index >= 15 is 0 Å². The normalized spacial score (nSPS) is 10.1. The Labute approximate surface area is 105 Å². The van der Waals surface area contributed by atoms with Gasteiger partial charge in [0.2, 0.25) is 0 Å². The highest BCUT2D eigenvalue weighted by Crippen LogP contribution is 2.15. The van der Waals surface area contributed by atoms with Gasteiger partial charge in [0.1, 0.15) is 0 Å². The quantitative estimate of drug-likeness (QED) is 0.843. The second-order valence-corrected chi connectivity index (χ2v) is 4.05. The average Bonchev–Trinajstić information content (AvgIpc) is 2.35. The highest BCUT2D eigenvalue weighted by atomic mass is 16.1. The molecule has 0 aliphatic carbocycles. The molecule has 0 aromatic carbocycles. The molecule has 5 heteroatoms. The monoisotopic (exact) mass is 242 g/mol. The largest absolute Gasteiger partial charge is 0.397 e. The van der Waals surface area contributed by atoms with Crippen LogP contribution in [0.25, 0.3) is 0 Å². The van der Waals surface area contributed by atoms with Crippen LogP contribution < -0.4 is 11.1 Å². The van der Waals surface area contributed by atoms with Crippen molar-refractivity contribution in [2.45, 2.75) is 13.8 Å². The lowest BCUT2D eigenvalue weighted by molar-refractivity contribution is 0.102. The van der Waals surface area contributed by atoms with E-state index in [0.29, 0.717) is 22.6 Å². The van der Waals surface area contributed by atoms with Crippen LogP contribution in [-0.4, -0.2) is 15.9 Å². The van der Waals surface area contributed by atoms with Gasteiger partial charge < -0.3 is 11.1 Å². The van der Waals surface area contributed by atoms with Crippen LogP contribution in [0.4, 0.5) is 11.4 Å². The SMILES string of the molecule is Cc1ccncc1NC(=O)c1cc(N)cnc1C. The molecule has 0 saturated carbocycles. The number of nitrogens with two attached hydrogens (primary N) is 1. The van der Waals surface area contributed by atoms with E-state index in [1.165, 1.54) is 6.20 Å². The Kier molecular flexibility index (Phi) is 3.23. The smallest absolute Gasteiger partial charge is 0.257 e. The van der Waals surface area contributed by atoms with Crippen molar-refractivity contribution in [3.8, 4) is 0 Å². The number of carbonyl (C=O) groups excluding carboxylic acids is 1. The Balaban J connectivity index is 2.28. The van der Waals surface area contributed by atoms with Gasteiger partial charge in [-0.2, -0.15) is 0 Å². The lowest BCUT2D eigenvalue weighted by Gasteiger charge is -2.09. The van der Waals surface area contributed by atoms with Gasteiger partial charge in [-0.15, -0.1) is 0 Å². The van der Waals surface area contributed by atoms with Crippen molar-refractivity contribution < 1.29 is 4.79 Å². The fraction of sp³-hybridized carbons (Fsp3) is 0.154. The number of aromatic nitrogens is 2. The molecule has 92 valence electrons. The van der Waals surface area contributed by atoms with Crippen molar-refractivity contribution in [1.82, 2.24) is 9.97 Å². The molecular weight excluding hydrogens is 228 g/mol. The maximum atomic E-state index is 12.1. The molecule has 1 amide bonds. The summed E-state index contributed by atoms with van der Waals surface area (Å²) in [5.41, 5.74) is 8.85. The molecule has 0 aliphatic rings. The first-order valence-electron chi connectivity index (χ1n) is 5.52. The lowest BCUT2D eigenvalue weighted by atomic mass is 10.1. The third kappa shape index (κ3) is 2.45. The summed E-state index contributed by atoms with van der Waals surface area (Å²) < 4.78 is 0. The summed E-state index contributed by atoms with van der Waals surface area (Å²) >= 11 is 0. The zero-order valence-corrected chi connectivity index (χ0v) is 10.3. The topological polar surface area (TPSA) is 80.9 Å². The number of nitrogen functional groups attached to an aromatic ring is 1. The molecule has 0 atom stereocenters. The van der Waals surface area contributed by atoms with Gasteiger partial charge in [0.25, 0.3) is 5.91 Å². The number of aryl methyl sites for hydroxylation is 2. The Morgan fingerprint density at radius 3 is 2.83 bits per heavy atom. The minimum atomic E-state index is -0.233. The molecule has 0 aliphatic heterocycles. The Morgan fingerprint density at radius 2 is 2.11 bits per heavy atom. The third-order valence-electron chi connectivity index (χ3n) is 2.64. The number of anilines is 2. The van der Waals surface area contributed by atoms with Crippen molar-refractivity contribution in [2.75, 3.05) is 11.1 Å². The summed E-state index contributed by atoms with van der Waals surface area (Å²) in [5.74, 6) is -0.233. The maximum Gasteiger partial charge on any atom is 0.257 e. The maximum absolute atomic E-state index is 12.1. The number of nitrogens with zero attached hydrogens (tertiary/aromatic N) is 2. The Morgan fingerprint density at radius 1 is 1.33 bits per heavy atom. The predicted molar refractivity (Wildman–Crippen MR) is 70.3 cm³/mol. The van der Waals surface area contributed by atoms with Crippen molar-refractivity contribution in [3.63, 3.8) is 0 Å². The molecule has 18 heavy (non-hydrogen) atoms. The molecule has 0 unspecified atom stereocenters. The molecule has 0 radical (unpaired) electrons. The number of amides is 1. The number of hydrogen-bond acceptors (Lipinski definition) is 4. The van der Waals surface area contributed by atoms with E-state index in [-0.39, 0.29) is 5.91 Å². The van der Waals surface area contributed by atoms with Gasteiger partial charge in [-0.25, -0.2) is 0 Å². The first kappa shape index (κ1) is 12.0. The molecule has 5 nitrogen and oxygen atoms in total. The summed E-state index contributed by atoms with van der Waals surface area (Å²) in [6, 6.07) is 3.45. The first-order valence-corrected chi connectivity index (χ1v) is 5.52. The van der Waals surface area contributed by atoms with Gasteiger partial charge in [0.15, 0.2) is 0 Å². The minimum absolute atomic E-state index is 0.233. The van der Waals surface area contributed by atoms with Gasteiger partial charge in [-0.05, 0) is 31.5 Å². The summed E-state index contributed by atoms with van der Waals surface area (Å²) in [7, 11) is 0.